The SMILES string of the molecule is O=C(C1CCN(c2cc(N3CCOCC3)ncn2)CC1)N1CCC(Oc2ccc(Cl)cc2)CC1. The van der Waals surface area contributed by atoms with Gasteiger partial charge in [-0.1, -0.05) is 11.6 Å². The molecule has 4 heterocycles. The number of aromatic nitrogens is 2. The van der Waals surface area contributed by atoms with Crippen LogP contribution in [-0.4, -0.2) is 79.4 Å². The number of hydrogen-bond acceptors (Lipinski definition) is 7. The lowest BCUT2D eigenvalue weighted by Crippen LogP contribution is -2.47. The van der Waals surface area contributed by atoms with Crippen molar-refractivity contribution in [3.8, 4) is 5.75 Å². The molecule has 34 heavy (non-hydrogen) atoms. The van der Waals surface area contributed by atoms with Gasteiger partial charge >= 0.3 is 0 Å². The molecule has 0 radical (unpaired) electrons. The Bertz CT molecular complexity index is 953. The highest BCUT2D eigenvalue weighted by Gasteiger charge is 2.32. The van der Waals surface area contributed by atoms with Crippen LogP contribution in [0.5, 0.6) is 5.75 Å². The molecule has 0 unspecified atom stereocenters. The molecule has 1 aromatic carbocycles. The Balaban J connectivity index is 1.09. The lowest BCUT2D eigenvalue weighted by atomic mass is 9.94. The summed E-state index contributed by atoms with van der Waals surface area (Å²) in [7, 11) is 0. The lowest BCUT2D eigenvalue weighted by Gasteiger charge is -2.37. The van der Waals surface area contributed by atoms with Crippen LogP contribution >= 0.6 is 11.6 Å². The van der Waals surface area contributed by atoms with E-state index in [0.717, 1.165) is 95.6 Å². The molecule has 182 valence electrons. The molecule has 0 saturated carbocycles. The van der Waals surface area contributed by atoms with Crippen LogP contribution in [0.4, 0.5) is 11.6 Å². The molecule has 1 amide bonds. The molecule has 0 bridgehead atoms. The predicted molar refractivity (Wildman–Crippen MR) is 132 cm³/mol. The number of anilines is 2. The van der Waals surface area contributed by atoms with E-state index in [1.807, 2.05) is 29.2 Å². The van der Waals surface area contributed by atoms with E-state index in [0.29, 0.717) is 10.9 Å². The highest BCUT2D eigenvalue weighted by Crippen LogP contribution is 2.27. The van der Waals surface area contributed by atoms with Gasteiger partial charge in [-0.25, -0.2) is 9.97 Å². The fraction of sp³-hybridized carbons (Fsp3) is 0.560. The zero-order valence-corrected chi connectivity index (χ0v) is 20.2. The van der Waals surface area contributed by atoms with Gasteiger partial charge in [-0.3, -0.25) is 4.79 Å². The summed E-state index contributed by atoms with van der Waals surface area (Å²) in [5.74, 6) is 3.12. The number of carbonyl (C=O) groups is 1. The monoisotopic (exact) mass is 485 g/mol. The van der Waals surface area contributed by atoms with Crippen LogP contribution in [0.15, 0.2) is 36.7 Å². The van der Waals surface area contributed by atoms with E-state index in [9.17, 15) is 4.79 Å². The topological polar surface area (TPSA) is 71.0 Å². The number of amides is 1. The summed E-state index contributed by atoms with van der Waals surface area (Å²) in [5.41, 5.74) is 0. The van der Waals surface area contributed by atoms with Crippen LogP contribution in [0.3, 0.4) is 0 Å². The van der Waals surface area contributed by atoms with Gasteiger partial charge in [0.05, 0.1) is 13.2 Å². The smallest absolute Gasteiger partial charge is 0.225 e. The van der Waals surface area contributed by atoms with Crippen molar-refractivity contribution in [2.24, 2.45) is 5.92 Å². The molecule has 2 aromatic rings. The van der Waals surface area contributed by atoms with E-state index in [4.69, 9.17) is 21.1 Å². The number of halogens is 1. The summed E-state index contributed by atoms with van der Waals surface area (Å²) in [6, 6.07) is 9.54. The Morgan fingerprint density at radius 2 is 1.50 bits per heavy atom. The Kier molecular flexibility index (Phi) is 7.35. The number of ether oxygens (including phenoxy) is 2. The number of nitrogens with zero attached hydrogens (tertiary/aromatic N) is 5. The maximum absolute atomic E-state index is 13.2. The third-order valence-corrected chi connectivity index (χ3v) is 7.26. The van der Waals surface area contributed by atoms with Crippen LogP contribution in [0.2, 0.25) is 5.02 Å². The summed E-state index contributed by atoms with van der Waals surface area (Å²) in [6.07, 6.45) is 5.23. The zero-order valence-electron chi connectivity index (χ0n) is 19.4. The second-order valence-corrected chi connectivity index (χ2v) is 9.63. The first-order valence-corrected chi connectivity index (χ1v) is 12.6. The molecule has 0 spiro atoms. The van der Waals surface area contributed by atoms with Crippen LogP contribution in [0.25, 0.3) is 0 Å². The molecule has 3 aliphatic heterocycles. The number of rotatable bonds is 5. The third-order valence-electron chi connectivity index (χ3n) is 7.01. The highest BCUT2D eigenvalue weighted by atomic mass is 35.5. The average Bonchev–Trinajstić information content (AvgIpc) is 2.91. The Morgan fingerprint density at radius 3 is 2.15 bits per heavy atom. The van der Waals surface area contributed by atoms with E-state index in [2.05, 4.69) is 25.8 Å². The van der Waals surface area contributed by atoms with Crippen LogP contribution in [-0.2, 0) is 9.53 Å². The Morgan fingerprint density at radius 1 is 0.882 bits per heavy atom. The number of benzene rings is 1. The summed E-state index contributed by atoms with van der Waals surface area (Å²) < 4.78 is 11.5. The molecule has 3 saturated heterocycles. The third kappa shape index (κ3) is 5.55. The molecule has 1 aromatic heterocycles. The minimum absolute atomic E-state index is 0.0885. The Hall–Kier alpha value is -2.58. The van der Waals surface area contributed by atoms with Crippen molar-refractivity contribution in [2.45, 2.75) is 31.8 Å². The van der Waals surface area contributed by atoms with Crippen molar-refractivity contribution in [3.05, 3.63) is 41.7 Å². The Labute approximate surface area is 205 Å². The summed E-state index contributed by atoms with van der Waals surface area (Å²) in [6.45, 7) is 6.37. The summed E-state index contributed by atoms with van der Waals surface area (Å²) in [4.78, 5) is 28.7. The van der Waals surface area contributed by atoms with Gasteiger partial charge in [-0.2, -0.15) is 0 Å². The lowest BCUT2D eigenvalue weighted by molar-refractivity contribution is -0.138. The number of carbonyl (C=O) groups excluding carboxylic acids is 1. The van der Waals surface area contributed by atoms with Gasteiger partial charge in [0.1, 0.15) is 29.8 Å². The first kappa shape index (κ1) is 23.2. The maximum atomic E-state index is 13.2. The molecule has 0 aliphatic carbocycles. The van der Waals surface area contributed by atoms with E-state index in [1.165, 1.54) is 0 Å². The first-order chi connectivity index (χ1) is 16.7. The average molecular weight is 486 g/mol. The molecular formula is C25H32ClN5O3. The van der Waals surface area contributed by atoms with Crippen LogP contribution in [0.1, 0.15) is 25.7 Å². The second-order valence-electron chi connectivity index (χ2n) is 9.19. The standard InChI is InChI=1S/C25H32ClN5O3/c26-20-1-3-21(4-2-20)34-22-7-11-31(12-8-22)25(32)19-5-9-29(10-6-19)23-17-24(28-18-27-23)30-13-15-33-16-14-30/h1-4,17-19,22H,5-16H2. The van der Waals surface area contributed by atoms with Gasteiger partial charge in [0.2, 0.25) is 5.91 Å². The first-order valence-electron chi connectivity index (χ1n) is 12.3. The number of piperidine rings is 2. The van der Waals surface area contributed by atoms with Crippen molar-refractivity contribution < 1.29 is 14.3 Å². The predicted octanol–water partition coefficient (Wildman–Crippen LogP) is 3.25. The van der Waals surface area contributed by atoms with E-state index in [-0.39, 0.29) is 12.0 Å². The van der Waals surface area contributed by atoms with Crippen molar-refractivity contribution in [1.29, 1.82) is 0 Å². The van der Waals surface area contributed by atoms with Gasteiger partial charge in [0.25, 0.3) is 0 Å². The van der Waals surface area contributed by atoms with Crippen LogP contribution in [0, 0.1) is 5.92 Å². The highest BCUT2D eigenvalue weighted by molar-refractivity contribution is 6.30. The second kappa shape index (κ2) is 10.8. The fourth-order valence-electron chi connectivity index (χ4n) is 4.99. The normalized spacial score (nSPS) is 20.4. The van der Waals surface area contributed by atoms with E-state index < -0.39 is 0 Å². The molecule has 8 nitrogen and oxygen atoms in total. The van der Waals surface area contributed by atoms with Crippen LogP contribution < -0.4 is 14.5 Å². The molecular weight excluding hydrogens is 454 g/mol. The molecule has 0 atom stereocenters. The van der Waals surface area contributed by atoms with E-state index >= 15 is 0 Å². The maximum Gasteiger partial charge on any atom is 0.225 e. The molecule has 5 rings (SSSR count). The zero-order chi connectivity index (χ0) is 23.3. The van der Waals surface area contributed by atoms with Gasteiger partial charge in [0, 0.05) is 69.1 Å². The largest absolute Gasteiger partial charge is 0.490 e. The quantitative estimate of drug-likeness (QED) is 0.643. The van der Waals surface area contributed by atoms with Crippen molar-refractivity contribution >= 4 is 29.1 Å². The van der Waals surface area contributed by atoms with Gasteiger partial charge < -0.3 is 24.2 Å². The van der Waals surface area contributed by atoms with Crippen molar-refractivity contribution in [1.82, 2.24) is 14.9 Å². The number of likely N-dealkylation sites (tertiary alicyclic amines) is 1. The molecule has 9 heteroatoms. The van der Waals surface area contributed by atoms with Gasteiger partial charge in [-0.15, -0.1) is 0 Å². The number of hydrogen-bond donors (Lipinski definition) is 0. The van der Waals surface area contributed by atoms with Gasteiger partial charge in [0.15, 0.2) is 0 Å². The fourth-order valence-corrected chi connectivity index (χ4v) is 5.11. The van der Waals surface area contributed by atoms with Gasteiger partial charge in [-0.05, 0) is 37.1 Å². The number of morpholine rings is 1. The summed E-state index contributed by atoms with van der Waals surface area (Å²) in [5, 5.41) is 0.705. The molecule has 0 N–H and O–H groups in total. The van der Waals surface area contributed by atoms with Crippen molar-refractivity contribution in [3.63, 3.8) is 0 Å². The van der Waals surface area contributed by atoms with E-state index in [1.54, 1.807) is 6.33 Å². The minimum Gasteiger partial charge on any atom is -0.490 e. The summed E-state index contributed by atoms with van der Waals surface area (Å²) >= 11 is 5.95. The van der Waals surface area contributed by atoms with Crippen molar-refractivity contribution in [2.75, 3.05) is 62.3 Å². The minimum atomic E-state index is 0.0885. The molecule has 3 aliphatic rings. The molecule has 3 fully saturated rings.